The molecule has 17 heavy (non-hydrogen) atoms. The number of alkyl halides is 1. The average molecular weight is 291 g/mol. The van der Waals surface area contributed by atoms with Gasteiger partial charge in [-0.15, -0.1) is 0 Å². The van der Waals surface area contributed by atoms with Crippen molar-refractivity contribution >= 4 is 21.9 Å². The first-order valence-electron chi connectivity index (χ1n) is 5.21. The van der Waals surface area contributed by atoms with E-state index in [1.54, 1.807) is 0 Å². The van der Waals surface area contributed by atoms with Crippen LogP contribution in [-0.4, -0.2) is 11.1 Å². The third-order valence-electron chi connectivity index (χ3n) is 2.53. The van der Waals surface area contributed by atoms with Crippen molar-refractivity contribution in [3.8, 4) is 11.1 Å². The first-order valence-corrected chi connectivity index (χ1v) is 6.12. The van der Waals surface area contributed by atoms with Gasteiger partial charge in [-0.25, -0.2) is 0 Å². The number of hydrogen-bond donors (Lipinski definition) is 1. The third-order valence-corrected chi connectivity index (χ3v) is 3.45. The molecule has 0 saturated carbocycles. The van der Waals surface area contributed by atoms with Gasteiger partial charge < -0.3 is 5.11 Å². The fourth-order valence-electron chi connectivity index (χ4n) is 1.62. The second kappa shape index (κ2) is 5.15. The van der Waals surface area contributed by atoms with Crippen molar-refractivity contribution in [2.24, 2.45) is 0 Å². The lowest BCUT2D eigenvalue weighted by Crippen LogP contribution is -2.03. The van der Waals surface area contributed by atoms with Crippen LogP contribution >= 0.6 is 15.9 Å². The minimum Gasteiger partial charge on any atom is -0.480 e. The predicted molar refractivity (Wildman–Crippen MR) is 71.2 cm³/mol. The molecule has 2 aromatic rings. The SMILES string of the molecule is O=C(O)[C@@H](Br)c1ccc(-c2ccccc2)cc1. The Morgan fingerprint density at radius 1 is 0.941 bits per heavy atom. The van der Waals surface area contributed by atoms with Crippen molar-refractivity contribution in [2.75, 3.05) is 0 Å². The highest BCUT2D eigenvalue weighted by Crippen LogP contribution is 2.26. The minimum absolute atomic E-state index is 0.646. The van der Waals surface area contributed by atoms with Gasteiger partial charge in [-0.3, -0.25) is 4.79 Å². The molecule has 2 aromatic carbocycles. The van der Waals surface area contributed by atoms with E-state index in [2.05, 4.69) is 15.9 Å². The van der Waals surface area contributed by atoms with Gasteiger partial charge in [0.1, 0.15) is 4.83 Å². The Morgan fingerprint density at radius 3 is 2.00 bits per heavy atom. The van der Waals surface area contributed by atoms with Crippen molar-refractivity contribution in [3.63, 3.8) is 0 Å². The molecule has 0 aliphatic carbocycles. The van der Waals surface area contributed by atoms with Crippen LogP contribution in [0.4, 0.5) is 0 Å². The summed E-state index contributed by atoms with van der Waals surface area (Å²) in [5, 5.41) is 8.87. The average Bonchev–Trinajstić information content (AvgIpc) is 2.39. The van der Waals surface area contributed by atoms with Gasteiger partial charge in [-0.1, -0.05) is 70.5 Å². The van der Waals surface area contributed by atoms with E-state index in [0.29, 0.717) is 0 Å². The van der Waals surface area contributed by atoms with Gasteiger partial charge in [0.05, 0.1) is 0 Å². The summed E-state index contributed by atoms with van der Waals surface area (Å²) in [6.45, 7) is 0. The highest BCUT2D eigenvalue weighted by molar-refractivity contribution is 9.09. The first kappa shape index (κ1) is 11.9. The molecule has 0 heterocycles. The van der Waals surface area contributed by atoms with Crippen molar-refractivity contribution in [2.45, 2.75) is 4.83 Å². The van der Waals surface area contributed by atoms with Crippen LogP contribution in [0.5, 0.6) is 0 Å². The molecular weight excluding hydrogens is 280 g/mol. The monoisotopic (exact) mass is 290 g/mol. The number of hydrogen-bond acceptors (Lipinski definition) is 1. The Bertz CT molecular complexity index is 506. The van der Waals surface area contributed by atoms with E-state index in [0.717, 1.165) is 16.7 Å². The Kier molecular flexibility index (Phi) is 3.59. The number of carboxylic acids is 1. The third kappa shape index (κ3) is 2.74. The molecule has 0 aliphatic heterocycles. The molecule has 2 rings (SSSR count). The largest absolute Gasteiger partial charge is 0.480 e. The number of benzene rings is 2. The molecule has 1 N–H and O–H groups in total. The van der Waals surface area contributed by atoms with Crippen LogP contribution in [0, 0.1) is 0 Å². The van der Waals surface area contributed by atoms with Crippen molar-refractivity contribution in [1.82, 2.24) is 0 Å². The van der Waals surface area contributed by atoms with Crippen LogP contribution in [0.3, 0.4) is 0 Å². The number of carboxylic acid groups (broad SMARTS) is 1. The molecule has 3 heteroatoms. The standard InChI is InChI=1S/C14H11BrO2/c15-13(14(16)17)12-8-6-11(7-9-12)10-4-2-1-3-5-10/h1-9,13H,(H,16,17)/t13-/m0/s1. The quantitative estimate of drug-likeness (QED) is 0.871. The lowest BCUT2D eigenvalue weighted by molar-refractivity contribution is -0.136. The second-order valence-corrected chi connectivity index (χ2v) is 4.60. The van der Waals surface area contributed by atoms with Crippen molar-refractivity contribution in [1.29, 1.82) is 0 Å². The Labute approximate surface area is 108 Å². The maximum atomic E-state index is 10.8. The van der Waals surface area contributed by atoms with Crippen LogP contribution < -0.4 is 0 Å². The van der Waals surface area contributed by atoms with Gasteiger partial charge in [0, 0.05) is 0 Å². The smallest absolute Gasteiger partial charge is 0.321 e. The molecule has 0 fully saturated rings. The lowest BCUT2D eigenvalue weighted by atomic mass is 10.0. The molecule has 0 unspecified atom stereocenters. The predicted octanol–water partition coefficient (Wildman–Crippen LogP) is 3.87. The zero-order valence-corrected chi connectivity index (χ0v) is 10.6. The zero-order chi connectivity index (χ0) is 12.3. The summed E-state index contributed by atoms with van der Waals surface area (Å²) in [5.41, 5.74) is 2.96. The Morgan fingerprint density at radius 2 is 1.47 bits per heavy atom. The lowest BCUT2D eigenvalue weighted by Gasteiger charge is -2.06. The second-order valence-electron chi connectivity index (χ2n) is 3.69. The number of aliphatic carboxylic acids is 1. The van der Waals surface area contributed by atoms with E-state index in [9.17, 15) is 4.79 Å². The highest BCUT2D eigenvalue weighted by atomic mass is 79.9. The summed E-state index contributed by atoms with van der Waals surface area (Å²) >= 11 is 3.13. The van der Waals surface area contributed by atoms with Crippen LogP contribution in [0.25, 0.3) is 11.1 Å². The maximum Gasteiger partial charge on any atom is 0.321 e. The summed E-state index contributed by atoms with van der Waals surface area (Å²) in [7, 11) is 0. The summed E-state index contributed by atoms with van der Waals surface area (Å²) in [5.74, 6) is -0.877. The summed E-state index contributed by atoms with van der Waals surface area (Å²) in [6.07, 6.45) is 0. The molecule has 2 nitrogen and oxygen atoms in total. The van der Waals surface area contributed by atoms with E-state index in [1.165, 1.54) is 0 Å². The molecule has 1 atom stereocenters. The van der Waals surface area contributed by atoms with Crippen LogP contribution in [0.1, 0.15) is 10.4 Å². The topological polar surface area (TPSA) is 37.3 Å². The molecule has 0 aromatic heterocycles. The molecule has 0 saturated heterocycles. The Hall–Kier alpha value is -1.61. The number of carbonyl (C=O) groups is 1. The normalized spacial score (nSPS) is 12.1. The van der Waals surface area contributed by atoms with E-state index in [1.807, 2.05) is 54.6 Å². The van der Waals surface area contributed by atoms with Gasteiger partial charge in [-0.05, 0) is 16.7 Å². The molecule has 86 valence electrons. The number of rotatable bonds is 3. The van der Waals surface area contributed by atoms with Crippen molar-refractivity contribution < 1.29 is 9.90 Å². The van der Waals surface area contributed by atoms with E-state index in [-0.39, 0.29) is 0 Å². The molecular formula is C14H11BrO2. The van der Waals surface area contributed by atoms with Crippen LogP contribution in [0.2, 0.25) is 0 Å². The molecule has 0 aliphatic rings. The highest BCUT2D eigenvalue weighted by Gasteiger charge is 2.15. The van der Waals surface area contributed by atoms with Gasteiger partial charge >= 0.3 is 5.97 Å². The molecule has 0 spiro atoms. The Balaban J connectivity index is 2.28. The molecule has 0 bridgehead atoms. The van der Waals surface area contributed by atoms with Crippen LogP contribution in [-0.2, 0) is 4.79 Å². The van der Waals surface area contributed by atoms with Crippen LogP contribution in [0.15, 0.2) is 54.6 Å². The van der Waals surface area contributed by atoms with E-state index >= 15 is 0 Å². The summed E-state index contributed by atoms with van der Waals surface area (Å²) in [6, 6.07) is 17.5. The summed E-state index contributed by atoms with van der Waals surface area (Å²) in [4.78, 5) is 10.2. The van der Waals surface area contributed by atoms with Gasteiger partial charge in [0.15, 0.2) is 0 Å². The van der Waals surface area contributed by atoms with Crippen molar-refractivity contribution in [3.05, 3.63) is 60.2 Å². The minimum atomic E-state index is -0.877. The van der Waals surface area contributed by atoms with E-state index in [4.69, 9.17) is 5.11 Å². The van der Waals surface area contributed by atoms with Gasteiger partial charge in [-0.2, -0.15) is 0 Å². The zero-order valence-electron chi connectivity index (χ0n) is 9.01. The number of halogens is 1. The molecule has 0 radical (unpaired) electrons. The first-order chi connectivity index (χ1) is 8.18. The maximum absolute atomic E-state index is 10.8. The fourth-order valence-corrected chi connectivity index (χ4v) is 1.92. The molecule has 0 amide bonds. The summed E-state index contributed by atoms with van der Waals surface area (Å²) < 4.78 is 0. The van der Waals surface area contributed by atoms with Gasteiger partial charge in [0.2, 0.25) is 0 Å². The van der Waals surface area contributed by atoms with E-state index < -0.39 is 10.8 Å². The fraction of sp³-hybridized carbons (Fsp3) is 0.0714. The van der Waals surface area contributed by atoms with Gasteiger partial charge in [0.25, 0.3) is 0 Å².